The zero-order chi connectivity index (χ0) is 14.5. The molecule has 0 heterocycles. The van der Waals surface area contributed by atoms with Crippen molar-refractivity contribution in [3.05, 3.63) is 22.7 Å². The molecule has 0 bridgehead atoms. The van der Waals surface area contributed by atoms with E-state index in [1.165, 1.54) is 10.4 Å². The van der Waals surface area contributed by atoms with Crippen molar-refractivity contribution in [3.8, 4) is 0 Å². The minimum absolute atomic E-state index is 0.0964. The standard InChI is InChI=1S/C12H19BrN2O3S/c1-2-3-6-15(7-8-16)19(17,18)12-5-4-10(14)9-11(12)13/h4-5,9,16H,2-3,6-8,14H2,1H3. The highest BCUT2D eigenvalue weighted by Gasteiger charge is 2.25. The van der Waals surface area contributed by atoms with Gasteiger partial charge in [0.2, 0.25) is 10.0 Å². The van der Waals surface area contributed by atoms with Gasteiger partial charge in [0.15, 0.2) is 0 Å². The lowest BCUT2D eigenvalue weighted by atomic mass is 10.3. The number of unbranched alkanes of at least 4 members (excludes halogenated alkanes) is 1. The highest BCUT2D eigenvalue weighted by atomic mass is 79.9. The van der Waals surface area contributed by atoms with E-state index >= 15 is 0 Å². The number of nitrogens with zero attached hydrogens (tertiary/aromatic N) is 1. The first-order valence-electron chi connectivity index (χ1n) is 6.09. The van der Waals surface area contributed by atoms with Crippen LogP contribution in [0.15, 0.2) is 27.6 Å². The third kappa shape index (κ3) is 4.17. The zero-order valence-corrected chi connectivity index (χ0v) is 13.2. The number of aliphatic hydroxyl groups excluding tert-OH is 1. The molecule has 0 saturated carbocycles. The number of rotatable bonds is 7. The van der Waals surface area contributed by atoms with Crippen LogP contribution in [-0.4, -0.2) is 37.5 Å². The third-order valence-corrected chi connectivity index (χ3v) is 5.56. The van der Waals surface area contributed by atoms with Crippen molar-refractivity contribution in [2.24, 2.45) is 0 Å². The highest BCUT2D eigenvalue weighted by Crippen LogP contribution is 2.27. The number of anilines is 1. The average molecular weight is 351 g/mol. The molecule has 0 fully saturated rings. The summed E-state index contributed by atoms with van der Waals surface area (Å²) in [4.78, 5) is 0.172. The van der Waals surface area contributed by atoms with Gasteiger partial charge in [0, 0.05) is 23.2 Å². The van der Waals surface area contributed by atoms with Crippen molar-refractivity contribution < 1.29 is 13.5 Å². The number of hydrogen-bond donors (Lipinski definition) is 2. The van der Waals surface area contributed by atoms with Gasteiger partial charge in [-0.15, -0.1) is 0 Å². The van der Waals surface area contributed by atoms with Gasteiger partial charge in [0.05, 0.1) is 11.5 Å². The van der Waals surface area contributed by atoms with Crippen LogP contribution in [0, 0.1) is 0 Å². The average Bonchev–Trinajstić information content (AvgIpc) is 2.33. The predicted molar refractivity (Wildman–Crippen MR) is 79.3 cm³/mol. The molecule has 0 saturated heterocycles. The van der Waals surface area contributed by atoms with E-state index in [0.29, 0.717) is 16.7 Å². The Balaban J connectivity index is 3.11. The Kier molecular flexibility index (Phi) is 6.25. The molecule has 0 atom stereocenters. The van der Waals surface area contributed by atoms with Crippen LogP contribution in [-0.2, 0) is 10.0 Å². The van der Waals surface area contributed by atoms with Gasteiger partial charge in [-0.3, -0.25) is 0 Å². The highest BCUT2D eigenvalue weighted by molar-refractivity contribution is 9.10. The Morgan fingerprint density at radius 3 is 2.58 bits per heavy atom. The van der Waals surface area contributed by atoms with Gasteiger partial charge < -0.3 is 10.8 Å². The molecule has 0 aromatic heterocycles. The SMILES string of the molecule is CCCCN(CCO)S(=O)(=O)c1ccc(N)cc1Br. The van der Waals surface area contributed by atoms with Crippen LogP contribution >= 0.6 is 15.9 Å². The van der Waals surface area contributed by atoms with E-state index in [0.717, 1.165) is 12.8 Å². The molecule has 19 heavy (non-hydrogen) atoms. The molecule has 7 heteroatoms. The van der Waals surface area contributed by atoms with Crippen LogP contribution in [0.3, 0.4) is 0 Å². The number of aliphatic hydroxyl groups is 1. The number of hydrogen-bond acceptors (Lipinski definition) is 4. The van der Waals surface area contributed by atoms with Gasteiger partial charge >= 0.3 is 0 Å². The van der Waals surface area contributed by atoms with E-state index in [2.05, 4.69) is 15.9 Å². The fourth-order valence-corrected chi connectivity index (χ4v) is 4.19. The third-order valence-electron chi connectivity index (χ3n) is 2.68. The molecule has 0 aliphatic rings. The molecule has 1 rings (SSSR count). The summed E-state index contributed by atoms with van der Waals surface area (Å²) < 4.78 is 26.7. The summed E-state index contributed by atoms with van der Waals surface area (Å²) in [5.41, 5.74) is 6.10. The number of benzene rings is 1. The van der Waals surface area contributed by atoms with Crippen molar-refractivity contribution in [2.75, 3.05) is 25.4 Å². The molecule has 0 amide bonds. The first-order chi connectivity index (χ1) is 8.93. The van der Waals surface area contributed by atoms with Crippen LogP contribution in [0.5, 0.6) is 0 Å². The quantitative estimate of drug-likeness (QED) is 0.734. The van der Waals surface area contributed by atoms with Gasteiger partial charge in [-0.1, -0.05) is 13.3 Å². The molecule has 108 valence electrons. The molecule has 1 aromatic carbocycles. The van der Waals surface area contributed by atoms with Crippen molar-refractivity contribution in [3.63, 3.8) is 0 Å². The number of sulfonamides is 1. The van der Waals surface area contributed by atoms with Crippen LogP contribution in [0.25, 0.3) is 0 Å². The minimum atomic E-state index is -3.61. The molecule has 1 aromatic rings. The van der Waals surface area contributed by atoms with E-state index in [1.54, 1.807) is 12.1 Å². The first-order valence-corrected chi connectivity index (χ1v) is 8.32. The van der Waals surface area contributed by atoms with Crippen molar-refractivity contribution in [1.82, 2.24) is 4.31 Å². The summed E-state index contributed by atoms with van der Waals surface area (Å²) in [6, 6.07) is 4.59. The molecular formula is C12H19BrN2O3S. The normalized spacial score (nSPS) is 12.0. The maximum Gasteiger partial charge on any atom is 0.244 e. The Hall–Kier alpha value is -0.630. The van der Waals surface area contributed by atoms with Crippen LogP contribution in [0.2, 0.25) is 0 Å². The summed E-state index contributed by atoms with van der Waals surface area (Å²) in [5.74, 6) is 0. The number of nitrogens with two attached hydrogens (primary N) is 1. The lowest BCUT2D eigenvalue weighted by molar-refractivity contribution is 0.252. The Morgan fingerprint density at radius 2 is 2.05 bits per heavy atom. The number of nitrogen functional groups attached to an aromatic ring is 1. The summed E-state index contributed by atoms with van der Waals surface area (Å²) in [7, 11) is -3.61. The smallest absolute Gasteiger partial charge is 0.244 e. The maximum absolute atomic E-state index is 12.5. The molecule has 0 aliphatic carbocycles. The Labute approximate surface area is 122 Å². The van der Waals surface area contributed by atoms with Crippen LogP contribution < -0.4 is 5.73 Å². The molecule has 0 unspecified atom stereocenters. The van der Waals surface area contributed by atoms with E-state index in [4.69, 9.17) is 10.8 Å². The molecule has 5 nitrogen and oxygen atoms in total. The Bertz CT molecular complexity index is 520. The lowest BCUT2D eigenvalue weighted by Crippen LogP contribution is -2.34. The van der Waals surface area contributed by atoms with Crippen molar-refractivity contribution in [1.29, 1.82) is 0 Å². The first kappa shape index (κ1) is 16.4. The minimum Gasteiger partial charge on any atom is -0.399 e. The van der Waals surface area contributed by atoms with Gasteiger partial charge in [-0.05, 0) is 40.5 Å². The summed E-state index contributed by atoms with van der Waals surface area (Å²) >= 11 is 3.22. The second-order valence-electron chi connectivity index (χ2n) is 4.17. The van der Waals surface area contributed by atoms with Crippen molar-refractivity contribution in [2.45, 2.75) is 24.7 Å². The van der Waals surface area contributed by atoms with Gasteiger partial charge in [-0.2, -0.15) is 4.31 Å². The van der Waals surface area contributed by atoms with Crippen LogP contribution in [0.1, 0.15) is 19.8 Å². The monoisotopic (exact) mass is 350 g/mol. The fraction of sp³-hybridized carbons (Fsp3) is 0.500. The molecule has 0 aliphatic heterocycles. The molecule has 0 spiro atoms. The van der Waals surface area contributed by atoms with Gasteiger partial charge in [-0.25, -0.2) is 8.42 Å². The summed E-state index contributed by atoms with van der Waals surface area (Å²) in [6.07, 6.45) is 1.65. The van der Waals surface area contributed by atoms with E-state index < -0.39 is 10.0 Å². The maximum atomic E-state index is 12.5. The largest absolute Gasteiger partial charge is 0.399 e. The molecule has 3 N–H and O–H groups in total. The fourth-order valence-electron chi connectivity index (χ4n) is 1.66. The summed E-state index contributed by atoms with van der Waals surface area (Å²) in [5, 5.41) is 9.02. The zero-order valence-electron chi connectivity index (χ0n) is 10.8. The summed E-state index contributed by atoms with van der Waals surface area (Å²) in [6.45, 7) is 2.29. The number of halogens is 1. The van der Waals surface area contributed by atoms with E-state index in [1.807, 2.05) is 6.92 Å². The molecule has 0 radical (unpaired) electrons. The second kappa shape index (κ2) is 7.23. The van der Waals surface area contributed by atoms with Crippen LogP contribution in [0.4, 0.5) is 5.69 Å². The predicted octanol–water partition coefficient (Wildman–Crippen LogP) is 1.81. The topological polar surface area (TPSA) is 83.6 Å². The molecular weight excluding hydrogens is 332 g/mol. The van der Waals surface area contributed by atoms with E-state index in [-0.39, 0.29) is 18.0 Å². The lowest BCUT2D eigenvalue weighted by Gasteiger charge is -2.21. The van der Waals surface area contributed by atoms with E-state index in [9.17, 15) is 8.42 Å². The van der Waals surface area contributed by atoms with Crippen molar-refractivity contribution >= 4 is 31.6 Å². The second-order valence-corrected chi connectivity index (χ2v) is 6.93. The van der Waals surface area contributed by atoms with Gasteiger partial charge in [0.25, 0.3) is 0 Å². The van der Waals surface area contributed by atoms with Gasteiger partial charge in [0.1, 0.15) is 0 Å². The Morgan fingerprint density at radius 1 is 1.37 bits per heavy atom.